The molecule has 2 rings (SSSR count). The average molecular weight is 389 g/mol. The number of anilines is 1. The van der Waals surface area contributed by atoms with Gasteiger partial charge in [0.2, 0.25) is 0 Å². The molecule has 0 heterocycles. The minimum Gasteiger partial charge on any atom is -0.449 e. The number of nitriles is 1. The Morgan fingerprint density at radius 1 is 1.15 bits per heavy atom. The molecule has 1 N–H and O–H groups in total. The quantitative estimate of drug-likeness (QED) is 0.605. The third kappa shape index (κ3) is 5.35. The standard InChI is InChI=1S/C19H14Cl2N2O3/c1-12(19(25)23-14-7-5-13(11-22)6-8-14)26-18(24)10-9-15-16(20)3-2-4-17(15)21/h2-10,12H,1H3,(H,23,25)/b10-9+/t12-/m0/s1. The first-order valence-corrected chi connectivity index (χ1v) is 8.30. The molecule has 0 saturated carbocycles. The third-order valence-electron chi connectivity index (χ3n) is 3.33. The number of hydrogen-bond donors (Lipinski definition) is 1. The van der Waals surface area contributed by atoms with Crippen LogP contribution in [0.15, 0.2) is 48.5 Å². The van der Waals surface area contributed by atoms with E-state index in [1.54, 1.807) is 42.5 Å². The highest BCUT2D eigenvalue weighted by atomic mass is 35.5. The fourth-order valence-corrected chi connectivity index (χ4v) is 2.48. The Kier molecular flexibility index (Phi) is 6.79. The number of nitrogens with one attached hydrogen (secondary N) is 1. The Labute approximate surface area is 160 Å². The molecule has 0 fully saturated rings. The van der Waals surface area contributed by atoms with E-state index < -0.39 is 18.0 Å². The van der Waals surface area contributed by atoms with Gasteiger partial charge >= 0.3 is 5.97 Å². The van der Waals surface area contributed by atoms with E-state index in [9.17, 15) is 9.59 Å². The summed E-state index contributed by atoms with van der Waals surface area (Å²) in [6.07, 6.45) is 1.57. The summed E-state index contributed by atoms with van der Waals surface area (Å²) in [6.45, 7) is 1.45. The van der Waals surface area contributed by atoms with Gasteiger partial charge in [-0.2, -0.15) is 5.26 Å². The molecule has 26 heavy (non-hydrogen) atoms. The van der Waals surface area contributed by atoms with Crippen molar-refractivity contribution in [3.63, 3.8) is 0 Å². The van der Waals surface area contributed by atoms with Crippen LogP contribution < -0.4 is 5.32 Å². The lowest BCUT2D eigenvalue weighted by Gasteiger charge is -2.12. The number of halogens is 2. The minimum absolute atomic E-state index is 0.396. The predicted molar refractivity (Wildman–Crippen MR) is 101 cm³/mol. The Morgan fingerprint density at radius 3 is 2.35 bits per heavy atom. The van der Waals surface area contributed by atoms with Crippen LogP contribution in [-0.4, -0.2) is 18.0 Å². The van der Waals surface area contributed by atoms with Crippen molar-refractivity contribution in [3.8, 4) is 6.07 Å². The van der Waals surface area contributed by atoms with Gasteiger partial charge in [-0.25, -0.2) is 4.79 Å². The van der Waals surface area contributed by atoms with Crippen LogP contribution in [0.4, 0.5) is 5.69 Å². The first kappa shape index (κ1) is 19.5. The normalized spacial score (nSPS) is 11.6. The van der Waals surface area contributed by atoms with Crippen LogP contribution in [0, 0.1) is 11.3 Å². The highest BCUT2D eigenvalue weighted by Crippen LogP contribution is 2.25. The second kappa shape index (κ2) is 9.04. The highest BCUT2D eigenvalue weighted by Gasteiger charge is 2.16. The molecule has 0 aliphatic carbocycles. The van der Waals surface area contributed by atoms with Crippen LogP contribution in [0.3, 0.4) is 0 Å². The van der Waals surface area contributed by atoms with Gasteiger partial charge in [-0.1, -0.05) is 29.3 Å². The smallest absolute Gasteiger partial charge is 0.331 e. The van der Waals surface area contributed by atoms with Gasteiger partial charge < -0.3 is 10.1 Å². The van der Waals surface area contributed by atoms with Crippen molar-refractivity contribution < 1.29 is 14.3 Å². The summed E-state index contributed by atoms with van der Waals surface area (Å²) in [6, 6.07) is 13.3. The summed E-state index contributed by atoms with van der Waals surface area (Å²) in [5, 5.41) is 12.1. The van der Waals surface area contributed by atoms with Crippen molar-refractivity contribution in [1.82, 2.24) is 0 Å². The molecule has 2 aromatic carbocycles. The summed E-state index contributed by atoms with van der Waals surface area (Å²) < 4.78 is 5.05. The SMILES string of the molecule is C[C@H](OC(=O)/C=C/c1c(Cl)cccc1Cl)C(=O)Nc1ccc(C#N)cc1. The summed E-state index contributed by atoms with van der Waals surface area (Å²) in [5.41, 5.74) is 1.46. The fourth-order valence-electron chi connectivity index (χ4n) is 1.96. The number of rotatable bonds is 5. The Hall–Kier alpha value is -2.81. The van der Waals surface area contributed by atoms with Crippen LogP contribution in [-0.2, 0) is 14.3 Å². The lowest BCUT2D eigenvalue weighted by molar-refractivity contribution is -0.148. The zero-order valence-electron chi connectivity index (χ0n) is 13.7. The van der Waals surface area contributed by atoms with Gasteiger partial charge in [0, 0.05) is 27.4 Å². The lowest BCUT2D eigenvalue weighted by Crippen LogP contribution is -2.29. The van der Waals surface area contributed by atoms with E-state index in [0.717, 1.165) is 6.08 Å². The molecule has 7 heteroatoms. The lowest BCUT2D eigenvalue weighted by atomic mass is 10.2. The number of ether oxygens (including phenoxy) is 1. The number of hydrogen-bond acceptors (Lipinski definition) is 4. The Morgan fingerprint density at radius 2 is 1.77 bits per heavy atom. The van der Waals surface area contributed by atoms with E-state index in [1.807, 2.05) is 6.07 Å². The van der Waals surface area contributed by atoms with Crippen LogP contribution >= 0.6 is 23.2 Å². The maximum Gasteiger partial charge on any atom is 0.331 e. The largest absolute Gasteiger partial charge is 0.449 e. The minimum atomic E-state index is -1.01. The molecule has 0 spiro atoms. The maximum atomic E-state index is 12.1. The molecular weight excluding hydrogens is 375 g/mol. The third-order valence-corrected chi connectivity index (χ3v) is 3.99. The second-order valence-corrected chi connectivity index (χ2v) is 6.04. The molecule has 2 aromatic rings. The number of carbonyl (C=O) groups excluding carboxylic acids is 2. The van der Waals surface area contributed by atoms with Crippen molar-refractivity contribution in [2.75, 3.05) is 5.32 Å². The number of carbonyl (C=O) groups is 2. The molecule has 1 amide bonds. The molecule has 132 valence electrons. The van der Waals surface area contributed by atoms with E-state index in [1.165, 1.54) is 13.0 Å². The first-order valence-electron chi connectivity index (χ1n) is 7.54. The van der Waals surface area contributed by atoms with Crippen molar-refractivity contribution in [1.29, 1.82) is 5.26 Å². The fraction of sp³-hybridized carbons (Fsp3) is 0.105. The Bertz CT molecular complexity index is 866. The van der Waals surface area contributed by atoms with E-state index in [0.29, 0.717) is 26.9 Å². The Balaban J connectivity index is 1.94. The topological polar surface area (TPSA) is 79.2 Å². The summed E-state index contributed by atoms with van der Waals surface area (Å²) in [4.78, 5) is 23.9. The van der Waals surface area contributed by atoms with Gasteiger partial charge in [0.15, 0.2) is 6.10 Å². The summed E-state index contributed by atoms with van der Waals surface area (Å²) >= 11 is 12.0. The molecule has 0 aliphatic heterocycles. The van der Waals surface area contributed by atoms with Crippen LogP contribution in [0.5, 0.6) is 0 Å². The van der Waals surface area contributed by atoms with Gasteiger partial charge in [-0.3, -0.25) is 4.79 Å². The first-order chi connectivity index (χ1) is 12.4. The molecule has 0 aromatic heterocycles. The number of benzene rings is 2. The molecular formula is C19H14Cl2N2O3. The van der Waals surface area contributed by atoms with Crippen molar-refractivity contribution >= 4 is 46.8 Å². The van der Waals surface area contributed by atoms with Gasteiger partial charge in [0.25, 0.3) is 5.91 Å². The van der Waals surface area contributed by atoms with Crippen molar-refractivity contribution in [2.45, 2.75) is 13.0 Å². The molecule has 0 unspecified atom stereocenters. The van der Waals surface area contributed by atoms with E-state index >= 15 is 0 Å². The molecule has 1 atom stereocenters. The molecule has 0 aliphatic rings. The van der Waals surface area contributed by atoms with Crippen LogP contribution in [0.2, 0.25) is 10.0 Å². The van der Waals surface area contributed by atoms with Crippen LogP contribution in [0.25, 0.3) is 6.08 Å². The van der Waals surface area contributed by atoms with E-state index in [4.69, 9.17) is 33.2 Å². The second-order valence-electron chi connectivity index (χ2n) is 5.23. The molecule has 0 radical (unpaired) electrons. The van der Waals surface area contributed by atoms with Crippen molar-refractivity contribution in [2.24, 2.45) is 0 Å². The number of nitrogens with zero attached hydrogens (tertiary/aromatic N) is 1. The zero-order valence-corrected chi connectivity index (χ0v) is 15.2. The molecule has 0 saturated heterocycles. The molecule has 5 nitrogen and oxygen atoms in total. The average Bonchev–Trinajstić information content (AvgIpc) is 2.61. The van der Waals surface area contributed by atoms with Crippen molar-refractivity contribution in [3.05, 3.63) is 69.7 Å². The highest BCUT2D eigenvalue weighted by molar-refractivity contribution is 6.37. The van der Waals surface area contributed by atoms with Gasteiger partial charge in [-0.15, -0.1) is 0 Å². The van der Waals surface area contributed by atoms with Crippen LogP contribution in [0.1, 0.15) is 18.1 Å². The van der Waals surface area contributed by atoms with Gasteiger partial charge in [0.1, 0.15) is 0 Å². The van der Waals surface area contributed by atoms with Gasteiger partial charge in [0.05, 0.1) is 11.6 Å². The molecule has 0 bridgehead atoms. The monoisotopic (exact) mass is 388 g/mol. The zero-order chi connectivity index (χ0) is 19.1. The number of esters is 1. The van der Waals surface area contributed by atoms with E-state index in [-0.39, 0.29) is 0 Å². The van der Waals surface area contributed by atoms with Gasteiger partial charge in [-0.05, 0) is 49.4 Å². The summed E-state index contributed by atoms with van der Waals surface area (Å²) in [5.74, 6) is -1.20. The van der Waals surface area contributed by atoms with E-state index in [2.05, 4.69) is 5.32 Å². The number of amides is 1. The summed E-state index contributed by atoms with van der Waals surface area (Å²) in [7, 11) is 0. The predicted octanol–water partition coefficient (Wildman–Crippen LogP) is 4.45. The maximum absolute atomic E-state index is 12.1.